The summed E-state index contributed by atoms with van der Waals surface area (Å²) < 4.78 is 10.3. The van der Waals surface area contributed by atoms with Crippen LogP contribution in [0.2, 0.25) is 0 Å². The molecule has 0 aromatic heterocycles. The Hall–Kier alpha value is -1.46. The van der Waals surface area contributed by atoms with Gasteiger partial charge in [0.25, 0.3) is 5.91 Å². The summed E-state index contributed by atoms with van der Waals surface area (Å²) in [7, 11) is 3.10. The van der Waals surface area contributed by atoms with Crippen molar-refractivity contribution in [1.82, 2.24) is 5.32 Å². The third kappa shape index (κ3) is 3.78. The first kappa shape index (κ1) is 16.5. The first-order valence-corrected chi connectivity index (χ1v) is 5.35. The minimum absolute atomic E-state index is 0. The highest BCUT2D eigenvalue weighted by atomic mass is 35.5. The summed E-state index contributed by atoms with van der Waals surface area (Å²) in [5, 5.41) is 2.72. The quantitative estimate of drug-likeness (QED) is 0.844. The Kier molecular flexibility index (Phi) is 7.16. The van der Waals surface area contributed by atoms with Crippen LogP contribution in [0, 0.1) is 6.92 Å². The van der Waals surface area contributed by atoms with Gasteiger partial charge in [-0.2, -0.15) is 0 Å². The molecule has 102 valence electrons. The zero-order valence-corrected chi connectivity index (χ0v) is 11.6. The van der Waals surface area contributed by atoms with E-state index < -0.39 is 0 Å². The topological polar surface area (TPSA) is 73.6 Å². The smallest absolute Gasteiger partial charge is 0.251 e. The minimum atomic E-state index is -0.158. The van der Waals surface area contributed by atoms with Crippen molar-refractivity contribution in [1.29, 1.82) is 0 Å². The molecule has 0 spiro atoms. The van der Waals surface area contributed by atoms with Crippen molar-refractivity contribution in [2.45, 2.75) is 6.92 Å². The number of aryl methyl sites for hydroxylation is 1. The van der Waals surface area contributed by atoms with Crippen LogP contribution in [0.3, 0.4) is 0 Å². The standard InChI is InChI=1S/C12H18N2O3.ClH/c1-8-6-10(16-2)11(17-3)7-9(8)12(15)14-5-4-13;/h6-7H,4-5,13H2,1-3H3,(H,14,15);1H. The Morgan fingerprint density at radius 3 is 2.33 bits per heavy atom. The SMILES string of the molecule is COc1cc(C)c(C(=O)NCCN)cc1OC.Cl. The molecular weight excluding hydrogens is 256 g/mol. The van der Waals surface area contributed by atoms with E-state index in [0.717, 1.165) is 5.56 Å². The molecule has 0 atom stereocenters. The van der Waals surface area contributed by atoms with E-state index in [2.05, 4.69) is 5.32 Å². The second-order valence-electron chi connectivity index (χ2n) is 3.57. The van der Waals surface area contributed by atoms with Crippen LogP contribution >= 0.6 is 12.4 Å². The molecule has 18 heavy (non-hydrogen) atoms. The molecule has 0 radical (unpaired) electrons. The number of rotatable bonds is 5. The van der Waals surface area contributed by atoms with E-state index in [1.54, 1.807) is 19.2 Å². The van der Waals surface area contributed by atoms with E-state index in [0.29, 0.717) is 30.2 Å². The van der Waals surface area contributed by atoms with Gasteiger partial charge < -0.3 is 20.5 Å². The summed E-state index contributed by atoms with van der Waals surface area (Å²) in [5.41, 5.74) is 6.73. The van der Waals surface area contributed by atoms with Crippen molar-refractivity contribution in [2.24, 2.45) is 5.73 Å². The molecule has 0 saturated heterocycles. The lowest BCUT2D eigenvalue weighted by atomic mass is 10.1. The maximum Gasteiger partial charge on any atom is 0.251 e. The van der Waals surface area contributed by atoms with Gasteiger partial charge in [-0.3, -0.25) is 4.79 Å². The third-order valence-electron chi connectivity index (χ3n) is 2.41. The summed E-state index contributed by atoms with van der Waals surface area (Å²) in [5.74, 6) is 0.991. The van der Waals surface area contributed by atoms with Crippen LogP contribution in [-0.4, -0.2) is 33.2 Å². The van der Waals surface area contributed by atoms with E-state index in [-0.39, 0.29) is 18.3 Å². The molecule has 0 saturated carbocycles. The van der Waals surface area contributed by atoms with Gasteiger partial charge in [0.1, 0.15) is 0 Å². The molecule has 1 rings (SSSR count). The second kappa shape index (κ2) is 7.79. The van der Waals surface area contributed by atoms with Gasteiger partial charge in [0.2, 0.25) is 0 Å². The van der Waals surface area contributed by atoms with Gasteiger partial charge in [-0.15, -0.1) is 12.4 Å². The van der Waals surface area contributed by atoms with Gasteiger partial charge in [-0.25, -0.2) is 0 Å². The Morgan fingerprint density at radius 1 is 1.28 bits per heavy atom. The molecule has 0 aliphatic heterocycles. The number of carbonyl (C=O) groups excluding carboxylic acids is 1. The number of hydrogen-bond donors (Lipinski definition) is 2. The second-order valence-corrected chi connectivity index (χ2v) is 3.57. The maximum absolute atomic E-state index is 11.8. The first-order chi connectivity index (χ1) is 8.13. The van der Waals surface area contributed by atoms with Gasteiger partial charge >= 0.3 is 0 Å². The fourth-order valence-electron chi connectivity index (χ4n) is 1.51. The Bertz CT molecular complexity index is 411. The number of methoxy groups -OCH3 is 2. The van der Waals surface area contributed by atoms with Crippen molar-refractivity contribution in [3.63, 3.8) is 0 Å². The summed E-state index contributed by atoms with van der Waals surface area (Å²) in [6.45, 7) is 2.71. The van der Waals surface area contributed by atoms with E-state index in [9.17, 15) is 4.79 Å². The van der Waals surface area contributed by atoms with Crippen molar-refractivity contribution in [2.75, 3.05) is 27.3 Å². The monoisotopic (exact) mass is 274 g/mol. The van der Waals surface area contributed by atoms with E-state index in [1.807, 2.05) is 6.92 Å². The molecule has 0 fully saturated rings. The molecule has 5 nitrogen and oxygen atoms in total. The maximum atomic E-state index is 11.8. The number of amides is 1. The van der Waals surface area contributed by atoms with E-state index in [4.69, 9.17) is 15.2 Å². The van der Waals surface area contributed by atoms with Gasteiger partial charge in [0.15, 0.2) is 11.5 Å². The molecular formula is C12H19ClN2O3. The van der Waals surface area contributed by atoms with Crippen molar-refractivity contribution < 1.29 is 14.3 Å². The number of carbonyl (C=O) groups is 1. The number of nitrogens with one attached hydrogen (secondary N) is 1. The zero-order chi connectivity index (χ0) is 12.8. The molecule has 1 aromatic rings. The van der Waals surface area contributed by atoms with Crippen molar-refractivity contribution in [3.05, 3.63) is 23.3 Å². The van der Waals surface area contributed by atoms with Crippen LogP contribution in [0.4, 0.5) is 0 Å². The average molecular weight is 275 g/mol. The molecule has 1 aromatic carbocycles. The molecule has 0 unspecified atom stereocenters. The molecule has 6 heteroatoms. The van der Waals surface area contributed by atoms with Crippen LogP contribution in [-0.2, 0) is 0 Å². The minimum Gasteiger partial charge on any atom is -0.493 e. The molecule has 0 aliphatic carbocycles. The summed E-state index contributed by atoms with van der Waals surface area (Å²) >= 11 is 0. The van der Waals surface area contributed by atoms with Crippen LogP contribution in [0.5, 0.6) is 11.5 Å². The summed E-state index contributed by atoms with van der Waals surface area (Å²) in [6, 6.07) is 3.44. The lowest BCUT2D eigenvalue weighted by Crippen LogP contribution is -2.29. The highest BCUT2D eigenvalue weighted by Crippen LogP contribution is 2.30. The first-order valence-electron chi connectivity index (χ1n) is 5.35. The molecule has 0 heterocycles. The van der Waals surface area contributed by atoms with Crippen LogP contribution in [0.1, 0.15) is 15.9 Å². The molecule has 0 aliphatic rings. The lowest BCUT2D eigenvalue weighted by molar-refractivity contribution is 0.0953. The molecule has 0 bridgehead atoms. The number of nitrogens with two attached hydrogens (primary N) is 1. The van der Waals surface area contributed by atoms with Gasteiger partial charge in [0, 0.05) is 18.7 Å². The number of ether oxygens (including phenoxy) is 2. The van der Waals surface area contributed by atoms with Crippen LogP contribution in [0.15, 0.2) is 12.1 Å². The number of halogens is 1. The normalized spacial score (nSPS) is 9.33. The lowest BCUT2D eigenvalue weighted by Gasteiger charge is -2.12. The summed E-state index contributed by atoms with van der Waals surface area (Å²) in [4.78, 5) is 11.8. The predicted octanol–water partition coefficient (Wildman–Crippen LogP) is 1.12. The fourth-order valence-corrected chi connectivity index (χ4v) is 1.51. The van der Waals surface area contributed by atoms with Crippen LogP contribution < -0.4 is 20.5 Å². The zero-order valence-electron chi connectivity index (χ0n) is 10.8. The Balaban J connectivity index is 0.00000289. The fraction of sp³-hybridized carbons (Fsp3) is 0.417. The number of benzene rings is 1. The Labute approximate surface area is 113 Å². The highest BCUT2D eigenvalue weighted by molar-refractivity contribution is 5.96. The largest absolute Gasteiger partial charge is 0.493 e. The van der Waals surface area contributed by atoms with Gasteiger partial charge in [-0.1, -0.05) is 0 Å². The predicted molar refractivity (Wildman–Crippen MR) is 72.9 cm³/mol. The average Bonchev–Trinajstić information content (AvgIpc) is 2.35. The van der Waals surface area contributed by atoms with Crippen LogP contribution in [0.25, 0.3) is 0 Å². The summed E-state index contributed by atoms with van der Waals surface area (Å²) in [6.07, 6.45) is 0. The van der Waals surface area contributed by atoms with E-state index >= 15 is 0 Å². The van der Waals surface area contributed by atoms with Crippen molar-refractivity contribution in [3.8, 4) is 11.5 Å². The molecule has 3 N–H and O–H groups in total. The molecule has 1 amide bonds. The third-order valence-corrected chi connectivity index (χ3v) is 2.41. The number of hydrogen-bond acceptors (Lipinski definition) is 4. The van der Waals surface area contributed by atoms with Crippen molar-refractivity contribution >= 4 is 18.3 Å². The van der Waals surface area contributed by atoms with Gasteiger partial charge in [0.05, 0.1) is 14.2 Å². The highest BCUT2D eigenvalue weighted by Gasteiger charge is 2.13. The van der Waals surface area contributed by atoms with Gasteiger partial charge in [-0.05, 0) is 24.6 Å². The van der Waals surface area contributed by atoms with E-state index in [1.165, 1.54) is 7.11 Å². The Morgan fingerprint density at radius 2 is 1.83 bits per heavy atom.